The highest BCUT2D eigenvalue weighted by Gasteiger charge is 2.37. The predicted molar refractivity (Wildman–Crippen MR) is 86.1 cm³/mol. The average Bonchev–Trinajstić information content (AvgIpc) is 2.81. The maximum Gasteiger partial charge on any atom is 0.239 e. The van der Waals surface area contributed by atoms with Crippen LogP contribution in [0.3, 0.4) is 0 Å². The molecule has 2 amide bonds. The minimum absolute atomic E-state index is 0. The van der Waals surface area contributed by atoms with E-state index in [1.807, 2.05) is 13.1 Å². The van der Waals surface area contributed by atoms with E-state index in [0.29, 0.717) is 31.1 Å². The Balaban J connectivity index is 0.00000220. The molecule has 7 heteroatoms. The van der Waals surface area contributed by atoms with Gasteiger partial charge in [-0.25, -0.2) is 0 Å². The van der Waals surface area contributed by atoms with E-state index in [9.17, 15) is 9.59 Å². The van der Waals surface area contributed by atoms with E-state index in [-0.39, 0.29) is 24.2 Å². The SMILES string of the molecule is CNCCNC(=O)C1CCN(c2cccc(Cl)c2)C1=O.Cl. The van der Waals surface area contributed by atoms with Crippen molar-refractivity contribution in [3.63, 3.8) is 0 Å². The predicted octanol–water partition coefficient (Wildman–Crippen LogP) is 1.45. The summed E-state index contributed by atoms with van der Waals surface area (Å²) in [6.07, 6.45) is 0.538. The average molecular weight is 332 g/mol. The smallest absolute Gasteiger partial charge is 0.239 e. The summed E-state index contributed by atoms with van der Waals surface area (Å²) in [4.78, 5) is 25.9. The quantitative estimate of drug-likeness (QED) is 0.634. The second-order valence-electron chi connectivity index (χ2n) is 4.71. The normalized spacial score (nSPS) is 17.5. The third kappa shape index (κ3) is 4.33. The molecule has 1 heterocycles. The van der Waals surface area contributed by atoms with E-state index in [0.717, 1.165) is 5.69 Å². The number of rotatable bonds is 5. The molecule has 0 bridgehead atoms. The van der Waals surface area contributed by atoms with Gasteiger partial charge in [0.2, 0.25) is 11.8 Å². The van der Waals surface area contributed by atoms with E-state index >= 15 is 0 Å². The fourth-order valence-corrected chi connectivity index (χ4v) is 2.44. The van der Waals surface area contributed by atoms with Crippen molar-refractivity contribution in [2.45, 2.75) is 6.42 Å². The first-order valence-corrected chi connectivity index (χ1v) is 7.00. The number of benzene rings is 1. The molecule has 2 N–H and O–H groups in total. The molecule has 0 saturated carbocycles. The molecule has 2 rings (SSSR count). The van der Waals surface area contributed by atoms with Crippen LogP contribution in [-0.2, 0) is 9.59 Å². The van der Waals surface area contributed by atoms with Gasteiger partial charge in [0.15, 0.2) is 0 Å². The Labute approximate surface area is 135 Å². The van der Waals surface area contributed by atoms with Crippen LogP contribution in [0.5, 0.6) is 0 Å². The second kappa shape index (κ2) is 8.22. The lowest BCUT2D eigenvalue weighted by Gasteiger charge is -2.17. The fraction of sp³-hybridized carbons (Fsp3) is 0.429. The molecule has 1 fully saturated rings. The molecule has 5 nitrogen and oxygen atoms in total. The Morgan fingerprint density at radius 2 is 2.19 bits per heavy atom. The van der Waals surface area contributed by atoms with Crippen molar-refractivity contribution in [3.05, 3.63) is 29.3 Å². The summed E-state index contributed by atoms with van der Waals surface area (Å²) in [6, 6.07) is 7.12. The molecule has 0 aromatic heterocycles. The number of nitrogens with one attached hydrogen (secondary N) is 2. The third-order valence-corrected chi connectivity index (χ3v) is 3.55. The van der Waals surface area contributed by atoms with Crippen LogP contribution < -0.4 is 15.5 Å². The molecule has 1 saturated heterocycles. The van der Waals surface area contributed by atoms with Gasteiger partial charge >= 0.3 is 0 Å². The fourth-order valence-electron chi connectivity index (χ4n) is 2.26. The van der Waals surface area contributed by atoms with Crippen molar-refractivity contribution in [2.24, 2.45) is 5.92 Å². The van der Waals surface area contributed by atoms with Crippen molar-refractivity contribution < 1.29 is 9.59 Å². The van der Waals surface area contributed by atoms with Crippen molar-refractivity contribution in [1.29, 1.82) is 0 Å². The summed E-state index contributed by atoms with van der Waals surface area (Å²) >= 11 is 5.93. The number of carbonyl (C=O) groups is 2. The Hall–Kier alpha value is -1.30. The maximum atomic E-state index is 12.3. The summed E-state index contributed by atoms with van der Waals surface area (Å²) in [7, 11) is 1.81. The molecule has 1 aromatic rings. The number of nitrogens with zero attached hydrogens (tertiary/aromatic N) is 1. The van der Waals surface area contributed by atoms with Crippen LogP contribution in [0.1, 0.15) is 6.42 Å². The minimum Gasteiger partial charge on any atom is -0.354 e. The van der Waals surface area contributed by atoms with E-state index in [1.54, 1.807) is 23.1 Å². The first kappa shape index (κ1) is 17.8. The molecule has 116 valence electrons. The third-order valence-electron chi connectivity index (χ3n) is 3.32. The number of halogens is 2. The highest BCUT2D eigenvalue weighted by Crippen LogP contribution is 2.27. The summed E-state index contributed by atoms with van der Waals surface area (Å²) in [6.45, 7) is 1.75. The van der Waals surface area contributed by atoms with Crippen LogP contribution in [0.25, 0.3) is 0 Å². The van der Waals surface area contributed by atoms with Crippen LogP contribution in [0.15, 0.2) is 24.3 Å². The number of likely N-dealkylation sites (N-methyl/N-ethyl adjacent to an activating group) is 1. The zero-order chi connectivity index (χ0) is 14.5. The van der Waals surface area contributed by atoms with E-state index in [1.165, 1.54) is 0 Å². The van der Waals surface area contributed by atoms with Crippen LogP contribution in [0.4, 0.5) is 5.69 Å². The summed E-state index contributed by atoms with van der Waals surface area (Å²) in [5.74, 6) is -0.949. The molecular weight excluding hydrogens is 313 g/mol. The number of amides is 2. The van der Waals surface area contributed by atoms with Gasteiger partial charge in [0.25, 0.3) is 0 Å². The van der Waals surface area contributed by atoms with Crippen molar-refractivity contribution >= 4 is 41.5 Å². The van der Waals surface area contributed by atoms with Gasteiger partial charge in [-0.1, -0.05) is 17.7 Å². The Bertz CT molecular complexity index is 511. The van der Waals surface area contributed by atoms with Crippen LogP contribution in [0, 0.1) is 5.92 Å². The number of hydrogen-bond acceptors (Lipinski definition) is 3. The van der Waals surface area contributed by atoms with Gasteiger partial charge in [0, 0.05) is 30.3 Å². The molecule has 21 heavy (non-hydrogen) atoms. The van der Waals surface area contributed by atoms with Crippen molar-refractivity contribution in [3.8, 4) is 0 Å². The second-order valence-corrected chi connectivity index (χ2v) is 5.14. The van der Waals surface area contributed by atoms with Crippen molar-refractivity contribution in [1.82, 2.24) is 10.6 Å². The standard InChI is InChI=1S/C14H18ClN3O2.ClH/c1-16-6-7-17-13(19)12-5-8-18(14(12)20)11-4-2-3-10(15)9-11;/h2-4,9,12,16H,5-8H2,1H3,(H,17,19);1H. The monoisotopic (exact) mass is 331 g/mol. The molecule has 0 radical (unpaired) electrons. The summed E-state index contributed by atoms with van der Waals surface area (Å²) in [5, 5.41) is 6.29. The largest absolute Gasteiger partial charge is 0.354 e. The topological polar surface area (TPSA) is 61.4 Å². The minimum atomic E-state index is -0.592. The Morgan fingerprint density at radius 1 is 1.43 bits per heavy atom. The molecule has 0 spiro atoms. The van der Waals surface area contributed by atoms with Crippen LogP contribution >= 0.6 is 24.0 Å². The molecule has 1 atom stereocenters. The Kier molecular flexibility index (Phi) is 6.95. The molecular formula is C14H19Cl2N3O2. The van der Waals surface area contributed by atoms with E-state index < -0.39 is 5.92 Å². The van der Waals surface area contributed by atoms with Gasteiger partial charge in [0.1, 0.15) is 5.92 Å². The zero-order valence-electron chi connectivity index (χ0n) is 11.8. The van der Waals surface area contributed by atoms with Gasteiger partial charge in [-0.3, -0.25) is 9.59 Å². The first-order valence-electron chi connectivity index (χ1n) is 6.62. The molecule has 1 aromatic carbocycles. The maximum absolute atomic E-state index is 12.3. The lowest BCUT2D eigenvalue weighted by molar-refractivity contribution is -0.132. The van der Waals surface area contributed by atoms with Gasteiger partial charge in [-0.2, -0.15) is 0 Å². The van der Waals surface area contributed by atoms with Gasteiger partial charge < -0.3 is 15.5 Å². The lowest BCUT2D eigenvalue weighted by atomic mass is 10.1. The molecule has 1 aliphatic heterocycles. The summed E-state index contributed by atoms with van der Waals surface area (Å²) < 4.78 is 0. The lowest BCUT2D eigenvalue weighted by Crippen LogP contribution is -2.39. The highest BCUT2D eigenvalue weighted by atomic mass is 35.5. The zero-order valence-corrected chi connectivity index (χ0v) is 13.3. The number of carbonyl (C=O) groups excluding carboxylic acids is 2. The molecule has 1 unspecified atom stereocenters. The van der Waals surface area contributed by atoms with E-state index in [4.69, 9.17) is 11.6 Å². The molecule has 1 aliphatic rings. The molecule has 0 aliphatic carbocycles. The van der Waals surface area contributed by atoms with Gasteiger partial charge in [-0.15, -0.1) is 12.4 Å². The van der Waals surface area contributed by atoms with E-state index in [2.05, 4.69) is 10.6 Å². The van der Waals surface area contributed by atoms with Gasteiger partial charge in [0.05, 0.1) is 0 Å². The van der Waals surface area contributed by atoms with Crippen LogP contribution in [-0.4, -0.2) is 38.5 Å². The highest BCUT2D eigenvalue weighted by molar-refractivity contribution is 6.31. The Morgan fingerprint density at radius 3 is 2.86 bits per heavy atom. The van der Waals surface area contributed by atoms with Crippen LogP contribution in [0.2, 0.25) is 5.02 Å². The number of anilines is 1. The van der Waals surface area contributed by atoms with Crippen molar-refractivity contribution in [2.75, 3.05) is 31.6 Å². The first-order chi connectivity index (χ1) is 9.63. The van der Waals surface area contributed by atoms with Gasteiger partial charge in [-0.05, 0) is 31.7 Å². The summed E-state index contributed by atoms with van der Waals surface area (Å²) in [5.41, 5.74) is 0.744. The number of hydrogen-bond donors (Lipinski definition) is 2.